The van der Waals surface area contributed by atoms with Gasteiger partial charge in [0.1, 0.15) is 5.78 Å². The predicted molar refractivity (Wildman–Crippen MR) is 62.6 cm³/mol. The molecule has 1 unspecified atom stereocenters. The topological polar surface area (TPSA) is 34.1 Å². The van der Waals surface area contributed by atoms with E-state index >= 15 is 0 Å². The molecular weight excluding hydrogens is 200 g/mol. The van der Waals surface area contributed by atoms with Gasteiger partial charge in [-0.1, -0.05) is 18.2 Å². The summed E-state index contributed by atoms with van der Waals surface area (Å²) in [7, 11) is 0. The molecule has 2 heteroatoms. The van der Waals surface area contributed by atoms with Crippen LogP contribution in [0.1, 0.15) is 40.7 Å². The molecular formula is C14H16O2. The maximum atomic E-state index is 12.2. The maximum Gasteiger partial charge on any atom is 0.166 e. The van der Waals surface area contributed by atoms with E-state index in [9.17, 15) is 9.59 Å². The third-order valence-electron chi connectivity index (χ3n) is 3.49. The van der Waals surface area contributed by atoms with Crippen LogP contribution in [0.2, 0.25) is 0 Å². The first-order valence-electron chi connectivity index (χ1n) is 5.71. The number of carbonyl (C=O) groups is 2. The molecule has 1 aromatic carbocycles. The Labute approximate surface area is 95.7 Å². The molecule has 0 spiro atoms. The Bertz CT molecular complexity index is 446. The molecule has 2 nitrogen and oxygen atoms in total. The second-order valence-corrected chi connectivity index (χ2v) is 4.59. The summed E-state index contributed by atoms with van der Waals surface area (Å²) in [6.45, 7) is 3.98. The Hall–Kier alpha value is -1.44. The lowest BCUT2D eigenvalue weighted by Crippen LogP contribution is -2.13. The van der Waals surface area contributed by atoms with Crippen molar-refractivity contribution in [3.05, 3.63) is 34.9 Å². The third kappa shape index (κ3) is 1.92. The van der Waals surface area contributed by atoms with Crippen molar-refractivity contribution in [2.75, 3.05) is 0 Å². The Balaban J connectivity index is 2.27. The highest BCUT2D eigenvalue weighted by atomic mass is 16.1. The van der Waals surface area contributed by atoms with Gasteiger partial charge in [0.05, 0.1) is 0 Å². The van der Waals surface area contributed by atoms with E-state index in [1.54, 1.807) is 0 Å². The molecule has 0 saturated heterocycles. The van der Waals surface area contributed by atoms with Crippen molar-refractivity contribution in [3.8, 4) is 0 Å². The van der Waals surface area contributed by atoms with Crippen molar-refractivity contribution in [3.63, 3.8) is 0 Å². The number of ketones is 2. The summed E-state index contributed by atoms with van der Waals surface area (Å²) in [6.07, 6.45) is 1.73. The number of rotatable bonds is 2. The fourth-order valence-corrected chi connectivity index (χ4v) is 2.28. The summed E-state index contributed by atoms with van der Waals surface area (Å²) in [5.41, 5.74) is 2.97. The molecule has 0 radical (unpaired) electrons. The van der Waals surface area contributed by atoms with Gasteiger partial charge in [-0.25, -0.2) is 0 Å². The number of Topliss-reactive ketones (excluding diaryl/α,β-unsaturated/α-hetero) is 2. The van der Waals surface area contributed by atoms with Crippen molar-refractivity contribution in [1.29, 1.82) is 0 Å². The van der Waals surface area contributed by atoms with E-state index < -0.39 is 0 Å². The molecule has 1 fully saturated rings. The second kappa shape index (κ2) is 4.20. The van der Waals surface area contributed by atoms with Crippen LogP contribution in [0.15, 0.2) is 18.2 Å². The van der Waals surface area contributed by atoms with E-state index in [0.717, 1.165) is 23.1 Å². The number of aryl methyl sites for hydroxylation is 1. The minimum Gasteiger partial charge on any atom is -0.300 e. The summed E-state index contributed by atoms with van der Waals surface area (Å²) in [5.74, 6) is 0.295. The molecule has 0 amide bonds. The molecule has 1 aromatic rings. The van der Waals surface area contributed by atoms with Crippen LogP contribution in [-0.2, 0) is 4.79 Å². The monoisotopic (exact) mass is 216 g/mol. The summed E-state index contributed by atoms with van der Waals surface area (Å²) in [6, 6.07) is 5.78. The fourth-order valence-electron chi connectivity index (χ4n) is 2.28. The first-order chi connectivity index (χ1) is 7.59. The van der Waals surface area contributed by atoms with Crippen molar-refractivity contribution < 1.29 is 9.59 Å². The average Bonchev–Trinajstić information content (AvgIpc) is 2.68. The molecule has 16 heavy (non-hydrogen) atoms. The molecule has 2 rings (SSSR count). The number of benzene rings is 1. The van der Waals surface area contributed by atoms with E-state index in [4.69, 9.17) is 0 Å². The summed E-state index contributed by atoms with van der Waals surface area (Å²) in [5, 5.41) is 0. The molecule has 0 N–H and O–H groups in total. The van der Waals surface area contributed by atoms with Crippen LogP contribution in [-0.4, -0.2) is 11.6 Å². The molecule has 1 saturated carbocycles. The van der Waals surface area contributed by atoms with Gasteiger partial charge in [0.15, 0.2) is 5.78 Å². The smallest absolute Gasteiger partial charge is 0.166 e. The van der Waals surface area contributed by atoms with Crippen molar-refractivity contribution in [1.82, 2.24) is 0 Å². The SMILES string of the molecule is Cc1cccc(C(=O)C2CCC(=O)C2)c1C. The van der Waals surface area contributed by atoms with E-state index in [2.05, 4.69) is 0 Å². The van der Waals surface area contributed by atoms with Gasteiger partial charge >= 0.3 is 0 Å². The summed E-state index contributed by atoms with van der Waals surface area (Å²) in [4.78, 5) is 23.4. The van der Waals surface area contributed by atoms with Crippen LogP contribution < -0.4 is 0 Å². The van der Waals surface area contributed by atoms with Crippen LogP contribution in [0.3, 0.4) is 0 Å². The Morgan fingerprint density at radius 3 is 2.69 bits per heavy atom. The number of hydrogen-bond acceptors (Lipinski definition) is 2. The quantitative estimate of drug-likeness (QED) is 0.712. The van der Waals surface area contributed by atoms with Gasteiger partial charge in [0.25, 0.3) is 0 Å². The molecule has 0 aromatic heterocycles. The van der Waals surface area contributed by atoms with Gasteiger partial charge in [0.2, 0.25) is 0 Å². The third-order valence-corrected chi connectivity index (χ3v) is 3.49. The van der Waals surface area contributed by atoms with E-state index in [-0.39, 0.29) is 17.5 Å². The maximum absolute atomic E-state index is 12.2. The van der Waals surface area contributed by atoms with Crippen LogP contribution in [0.25, 0.3) is 0 Å². The standard InChI is InChI=1S/C14H16O2/c1-9-4-3-5-13(10(9)2)14(16)11-6-7-12(15)8-11/h3-5,11H,6-8H2,1-2H3. The minimum absolute atomic E-state index is 0.0759. The van der Waals surface area contributed by atoms with Gasteiger partial charge in [0, 0.05) is 24.3 Å². The molecule has 0 heterocycles. The Morgan fingerprint density at radius 2 is 2.06 bits per heavy atom. The van der Waals surface area contributed by atoms with Gasteiger partial charge in [-0.2, -0.15) is 0 Å². The van der Waals surface area contributed by atoms with E-state index in [1.165, 1.54) is 0 Å². The van der Waals surface area contributed by atoms with Crippen LogP contribution >= 0.6 is 0 Å². The predicted octanol–water partition coefficient (Wildman–Crippen LogP) is 2.86. The Morgan fingerprint density at radius 1 is 1.31 bits per heavy atom. The van der Waals surface area contributed by atoms with E-state index in [0.29, 0.717) is 12.8 Å². The van der Waals surface area contributed by atoms with Gasteiger partial charge in [-0.05, 0) is 31.4 Å². The number of carbonyl (C=O) groups excluding carboxylic acids is 2. The lowest BCUT2D eigenvalue weighted by Gasteiger charge is -2.11. The summed E-state index contributed by atoms with van der Waals surface area (Å²) < 4.78 is 0. The highest BCUT2D eigenvalue weighted by molar-refractivity contribution is 6.02. The van der Waals surface area contributed by atoms with Crippen LogP contribution in [0, 0.1) is 19.8 Å². The zero-order valence-electron chi connectivity index (χ0n) is 9.75. The van der Waals surface area contributed by atoms with Crippen LogP contribution in [0.5, 0.6) is 0 Å². The lowest BCUT2D eigenvalue weighted by molar-refractivity contribution is -0.117. The van der Waals surface area contributed by atoms with Crippen molar-refractivity contribution in [2.45, 2.75) is 33.1 Å². The minimum atomic E-state index is -0.0759. The first-order valence-corrected chi connectivity index (χ1v) is 5.71. The van der Waals surface area contributed by atoms with E-state index in [1.807, 2.05) is 32.0 Å². The zero-order valence-corrected chi connectivity index (χ0v) is 9.75. The molecule has 1 aliphatic carbocycles. The molecule has 0 aliphatic heterocycles. The fraction of sp³-hybridized carbons (Fsp3) is 0.429. The van der Waals surface area contributed by atoms with Crippen LogP contribution in [0.4, 0.5) is 0 Å². The first kappa shape index (κ1) is 11.1. The highest BCUT2D eigenvalue weighted by Gasteiger charge is 2.29. The van der Waals surface area contributed by atoms with Gasteiger partial charge < -0.3 is 0 Å². The summed E-state index contributed by atoms with van der Waals surface area (Å²) >= 11 is 0. The molecule has 0 bridgehead atoms. The highest BCUT2D eigenvalue weighted by Crippen LogP contribution is 2.27. The molecule has 84 valence electrons. The number of hydrogen-bond donors (Lipinski definition) is 0. The zero-order chi connectivity index (χ0) is 11.7. The molecule has 1 atom stereocenters. The average molecular weight is 216 g/mol. The lowest BCUT2D eigenvalue weighted by atomic mass is 9.91. The largest absolute Gasteiger partial charge is 0.300 e. The van der Waals surface area contributed by atoms with Crippen molar-refractivity contribution >= 4 is 11.6 Å². The van der Waals surface area contributed by atoms with Crippen molar-refractivity contribution in [2.24, 2.45) is 5.92 Å². The Kier molecular flexibility index (Phi) is 2.90. The normalized spacial score (nSPS) is 20.1. The molecule has 1 aliphatic rings. The van der Waals surface area contributed by atoms with Gasteiger partial charge in [-0.3, -0.25) is 9.59 Å². The van der Waals surface area contributed by atoms with Gasteiger partial charge in [-0.15, -0.1) is 0 Å². The second-order valence-electron chi connectivity index (χ2n) is 4.59.